The standard InChI is InChI=1S/C17H13N3O6/c21-15(26-10-11-5-7-12(8-6-11)20(24)25)9-19-16(22)13-3-1-2-4-14(13)18-17(19)23/h1-8H,9-10H2,(H,18,23). The Kier molecular flexibility index (Phi) is 4.61. The summed E-state index contributed by atoms with van der Waals surface area (Å²) in [6.45, 7) is -0.664. The summed E-state index contributed by atoms with van der Waals surface area (Å²) < 4.78 is 5.80. The van der Waals surface area contributed by atoms with Gasteiger partial charge >= 0.3 is 11.7 Å². The quantitative estimate of drug-likeness (QED) is 0.418. The summed E-state index contributed by atoms with van der Waals surface area (Å²) in [5, 5.41) is 10.9. The lowest BCUT2D eigenvalue weighted by Crippen LogP contribution is -2.37. The molecule has 0 saturated carbocycles. The third-order valence-electron chi connectivity index (χ3n) is 3.72. The van der Waals surface area contributed by atoms with Crippen LogP contribution < -0.4 is 11.2 Å². The predicted octanol–water partition coefficient (Wildman–Crippen LogP) is 1.34. The van der Waals surface area contributed by atoms with E-state index in [0.717, 1.165) is 4.57 Å². The Balaban J connectivity index is 1.72. The number of hydrogen-bond acceptors (Lipinski definition) is 6. The van der Waals surface area contributed by atoms with Gasteiger partial charge in [0.15, 0.2) is 0 Å². The minimum Gasteiger partial charge on any atom is -0.459 e. The van der Waals surface area contributed by atoms with Gasteiger partial charge in [0, 0.05) is 12.1 Å². The van der Waals surface area contributed by atoms with Crippen LogP contribution in [0.1, 0.15) is 5.56 Å². The molecule has 0 spiro atoms. The molecule has 0 fully saturated rings. The summed E-state index contributed by atoms with van der Waals surface area (Å²) >= 11 is 0. The maximum atomic E-state index is 12.3. The first-order valence-electron chi connectivity index (χ1n) is 7.56. The second kappa shape index (κ2) is 7.01. The van der Waals surface area contributed by atoms with Crippen LogP contribution in [0.15, 0.2) is 58.1 Å². The normalized spacial score (nSPS) is 10.6. The van der Waals surface area contributed by atoms with E-state index in [4.69, 9.17) is 4.74 Å². The minimum atomic E-state index is -0.772. The monoisotopic (exact) mass is 355 g/mol. The Labute approximate surface area is 145 Å². The number of nitro groups is 1. The van der Waals surface area contributed by atoms with Gasteiger partial charge in [-0.05, 0) is 29.8 Å². The predicted molar refractivity (Wildman–Crippen MR) is 91.7 cm³/mol. The lowest BCUT2D eigenvalue weighted by atomic mass is 10.2. The summed E-state index contributed by atoms with van der Waals surface area (Å²) in [5.41, 5.74) is -0.436. The van der Waals surface area contributed by atoms with Crippen molar-refractivity contribution in [2.45, 2.75) is 13.2 Å². The number of non-ortho nitro benzene ring substituents is 1. The van der Waals surface area contributed by atoms with E-state index < -0.39 is 28.7 Å². The van der Waals surface area contributed by atoms with Gasteiger partial charge in [-0.3, -0.25) is 19.7 Å². The smallest absolute Gasteiger partial charge is 0.329 e. The van der Waals surface area contributed by atoms with E-state index in [2.05, 4.69) is 4.98 Å². The van der Waals surface area contributed by atoms with Crippen molar-refractivity contribution >= 4 is 22.6 Å². The van der Waals surface area contributed by atoms with Crippen molar-refractivity contribution < 1.29 is 14.5 Å². The first-order chi connectivity index (χ1) is 12.5. The Morgan fingerprint density at radius 3 is 2.50 bits per heavy atom. The molecule has 2 aromatic carbocycles. The number of hydrogen-bond donors (Lipinski definition) is 1. The topological polar surface area (TPSA) is 124 Å². The first-order valence-corrected chi connectivity index (χ1v) is 7.56. The molecule has 132 valence electrons. The molecule has 0 bridgehead atoms. The first kappa shape index (κ1) is 17.1. The molecule has 0 aliphatic heterocycles. The molecular weight excluding hydrogens is 342 g/mol. The van der Waals surface area contributed by atoms with Gasteiger partial charge in [0.2, 0.25) is 0 Å². The number of nitrogens with zero attached hydrogens (tertiary/aromatic N) is 2. The number of aromatic nitrogens is 2. The highest BCUT2D eigenvalue weighted by atomic mass is 16.6. The van der Waals surface area contributed by atoms with Gasteiger partial charge < -0.3 is 9.72 Å². The zero-order valence-electron chi connectivity index (χ0n) is 13.4. The summed E-state index contributed by atoms with van der Waals surface area (Å²) in [6.07, 6.45) is 0. The number of carbonyl (C=O) groups is 1. The van der Waals surface area contributed by atoms with E-state index in [0.29, 0.717) is 11.1 Å². The molecule has 1 aromatic heterocycles. The number of esters is 1. The van der Waals surface area contributed by atoms with Crippen LogP contribution in [0, 0.1) is 10.1 Å². The van der Waals surface area contributed by atoms with E-state index >= 15 is 0 Å². The van der Waals surface area contributed by atoms with Crippen molar-refractivity contribution in [3.05, 3.63) is 85.0 Å². The number of benzene rings is 2. The third-order valence-corrected chi connectivity index (χ3v) is 3.72. The van der Waals surface area contributed by atoms with Crippen LogP contribution in [0.3, 0.4) is 0 Å². The molecule has 9 nitrogen and oxygen atoms in total. The van der Waals surface area contributed by atoms with Gasteiger partial charge in [-0.15, -0.1) is 0 Å². The Morgan fingerprint density at radius 2 is 1.81 bits per heavy atom. The van der Waals surface area contributed by atoms with Gasteiger partial charge in [0.05, 0.1) is 15.8 Å². The van der Waals surface area contributed by atoms with Crippen molar-refractivity contribution in [3.63, 3.8) is 0 Å². The molecule has 0 saturated heterocycles. The van der Waals surface area contributed by atoms with Crippen LogP contribution in [-0.2, 0) is 22.7 Å². The van der Waals surface area contributed by atoms with Crippen LogP contribution in [0.5, 0.6) is 0 Å². The van der Waals surface area contributed by atoms with Crippen LogP contribution in [0.2, 0.25) is 0 Å². The number of para-hydroxylation sites is 1. The van der Waals surface area contributed by atoms with Gasteiger partial charge in [-0.2, -0.15) is 0 Å². The van der Waals surface area contributed by atoms with E-state index in [1.807, 2.05) is 0 Å². The van der Waals surface area contributed by atoms with Crippen molar-refractivity contribution in [1.29, 1.82) is 0 Å². The average Bonchev–Trinajstić information content (AvgIpc) is 2.64. The fourth-order valence-electron chi connectivity index (χ4n) is 2.39. The molecule has 3 rings (SSSR count). The summed E-state index contributed by atoms with van der Waals surface area (Å²) in [4.78, 5) is 48.9. The Hall–Kier alpha value is -3.75. The molecule has 0 aliphatic rings. The van der Waals surface area contributed by atoms with Crippen molar-refractivity contribution in [2.24, 2.45) is 0 Å². The number of nitro benzene ring substituents is 1. The lowest BCUT2D eigenvalue weighted by molar-refractivity contribution is -0.384. The number of H-pyrrole nitrogens is 1. The molecule has 0 atom stereocenters. The van der Waals surface area contributed by atoms with E-state index in [9.17, 15) is 24.5 Å². The SMILES string of the molecule is O=C(Cn1c(=O)[nH]c2ccccc2c1=O)OCc1ccc([N+](=O)[O-])cc1. The van der Waals surface area contributed by atoms with Gasteiger partial charge in [-0.25, -0.2) is 9.36 Å². The summed E-state index contributed by atoms with van der Waals surface area (Å²) in [6, 6.07) is 12.0. The average molecular weight is 355 g/mol. The fraction of sp³-hybridized carbons (Fsp3) is 0.118. The number of aromatic amines is 1. The molecular formula is C17H13N3O6. The molecule has 0 aliphatic carbocycles. The van der Waals surface area contributed by atoms with E-state index in [-0.39, 0.29) is 17.7 Å². The molecule has 0 amide bonds. The molecule has 0 unspecified atom stereocenters. The van der Waals surface area contributed by atoms with E-state index in [1.54, 1.807) is 24.3 Å². The zero-order valence-corrected chi connectivity index (χ0v) is 13.4. The van der Waals surface area contributed by atoms with Crippen LogP contribution in [-0.4, -0.2) is 20.4 Å². The molecule has 0 radical (unpaired) electrons. The summed E-state index contributed by atoms with van der Waals surface area (Å²) in [5.74, 6) is -0.772. The highest BCUT2D eigenvalue weighted by Crippen LogP contribution is 2.12. The number of nitrogens with one attached hydrogen (secondary N) is 1. The lowest BCUT2D eigenvalue weighted by Gasteiger charge is -2.07. The fourth-order valence-corrected chi connectivity index (χ4v) is 2.39. The largest absolute Gasteiger partial charge is 0.459 e. The Bertz CT molecular complexity index is 1100. The third kappa shape index (κ3) is 3.51. The molecule has 26 heavy (non-hydrogen) atoms. The van der Waals surface area contributed by atoms with Gasteiger partial charge in [0.1, 0.15) is 13.2 Å². The molecule has 9 heteroatoms. The second-order valence-electron chi connectivity index (χ2n) is 5.45. The van der Waals surface area contributed by atoms with Crippen LogP contribution >= 0.6 is 0 Å². The summed E-state index contributed by atoms with van der Waals surface area (Å²) in [7, 11) is 0. The maximum absolute atomic E-state index is 12.3. The molecule has 1 N–H and O–H groups in total. The van der Waals surface area contributed by atoms with Crippen LogP contribution in [0.4, 0.5) is 5.69 Å². The molecule has 3 aromatic rings. The number of fused-ring (bicyclic) bond motifs is 1. The Morgan fingerprint density at radius 1 is 1.12 bits per heavy atom. The van der Waals surface area contributed by atoms with Crippen molar-refractivity contribution in [1.82, 2.24) is 9.55 Å². The van der Waals surface area contributed by atoms with Crippen molar-refractivity contribution in [2.75, 3.05) is 0 Å². The zero-order chi connectivity index (χ0) is 18.7. The highest BCUT2D eigenvalue weighted by Gasteiger charge is 2.12. The number of ether oxygens (including phenoxy) is 1. The van der Waals surface area contributed by atoms with Crippen LogP contribution in [0.25, 0.3) is 10.9 Å². The van der Waals surface area contributed by atoms with Gasteiger partial charge in [-0.1, -0.05) is 12.1 Å². The molecule has 1 heterocycles. The number of carbonyl (C=O) groups excluding carboxylic acids is 1. The highest BCUT2D eigenvalue weighted by molar-refractivity contribution is 5.77. The van der Waals surface area contributed by atoms with Gasteiger partial charge in [0.25, 0.3) is 11.2 Å². The second-order valence-corrected chi connectivity index (χ2v) is 5.45. The van der Waals surface area contributed by atoms with Crippen molar-refractivity contribution in [3.8, 4) is 0 Å². The number of rotatable bonds is 5. The van der Waals surface area contributed by atoms with E-state index in [1.165, 1.54) is 24.3 Å². The minimum absolute atomic E-state index is 0.0747. The maximum Gasteiger partial charge on any atom is 0.329 e.